The third kappa shape index (κ3) is 10.1. The zero-order chi connectivity index (χ0) is 19.3. The maximum absolute atomic E-state index is 5.42. The molecule has 0 radical (unpaired) electrons. The Bertz CT molecular complexity index is 543. The molecule has 2 N–H and O–H groups in total. The molecule has 2 saturated heterocycles. The summed E-state index contributed by atoms with van der Waals surface area (Å²) < 4.78 is 10.8. The summed E-state index contributed by atoms with van der Waals surface area (Å²) in [5.41, 5.74) is 0. The lowest BCUT2D eigenvalue weighted by molar-refractivity contribution is 0.0377. The summed E-state index contributed by atoms with van der Waals surface area (Å²) >= 11 is 0. The van der Waals surface area contributed by atoms with Crippen LogP contribution in [0.2, 0.25) is 0 Å². The second-order valence-electron chi connectivity index (χ2n) is 7.62. The van der Waals surface area contributed by atoms with E-state index in [0.717, 1.165) is 83.6 Å². The van der Waals surface area contributed by atoms with Crippen LogP contribution >= 0.6 is 24.0 Å². The lowest BCUT2D eigenvalue weighted by Crippen LogP contribution is -2.43. The second-order valence-corrected chi connectivity index (χ2v) is 7.62. The van der Waals surface area contributed by atoms with E-state index in [1.807, 2.05) is 12.1 Å². The molecule has 3 rings (SSSR count). The normalized spacial score (nSPS) is 19.0. The quantitative estimate of drug-likeness (QED) is 0.214. The Morgan fingerprint density at radius 3 is 2.48 bits per heavy atom. The van der Waals surface area contributed by atoms with E-state index in [0.29, 0.717) is 0 Å². The van der Waals surface area contributed by atoms with Crippen LogP contribution in [-0.4, -0.2) is 87.9 Å². The smallest absolute Gasteiger partial charge is 0.191 e. The van der Waals surface area contributed by atoms with E-state index < -0.39 is 0 Å². The lowest BCUT2D eigenvalue weighted by atomic mass is 10.1. The van der Waals surface area contributed by atoms with Crippen LogP contribution in [0.3, 0.4) is 0 Å². The molecule has 7 nitrogen and oxygen atoms in total. The van der Waals surface area contributed by atoms with Gasteiger partial charge in [-0.1, -0.05) is 6.42 Å². The Kier molecular flexibility index (Phi) is 12.7. The Hall–Kier alpha value is -0.840. The summed E-state index contributed by atoms with van der Waals surface area (Å²) in [4.78, 5) is 9.81. The van der Waals surface area contributed by atoms with Crippen LogP contribution in [0.5, 0.6) is 0 Å². The van der Waals surface area contributed by atoms with E-state index in [4.69, 9.17) is 14.1 Å². The van der Waals surface area contributed by atoms with E-state index >= 15 is 0 Å². The van der Waals surface area contributed by atoms with Crippen molar-refractivity contribution in [1.29, 1.82) is 0 Å². The monoisotopic (exact) mass is 519 g/mol. The zero-order valence-electron chi connectivity index (χ0n) is 17.6. The number of rotatable bonds is 10. The first-order chi connectivity index (χ1) is 13.9. The van der Waals surface area contributed by atoms with Gasteiger partial charge in [-0.2, -0.15) is 0 Å². The van der Waals surface area contributed by atoms with E-state index in [1.54, 1.807) is 6.26 Å². The number of ether oxygens (including phenoxy) is 1. The van der Waals surface area contributed by atoms with Crippen LogP contribution in [0.25, 0.3) is 0 Å². The predicted molar refractivity (Wildman–Crippen MR) is 128 cm³/mol. The van der Waals surface area contributed by atoms with Crippen LogP contribution in [0.1, 0.15) is 31.4 Å². The highest BCUT2D eigenvalue weighted by Gasteiger charge is 2.10. The van der Waals surface area contributed by atoms with Crippen molar-refractivity contribution >= 4 is 29.9 Å². The number of nitrogens with zero attached hydrogens (tertiary/aromatic N) is 3. The van der Waals surface area contributed by atoms with E-state index in [2.05, 4.69) is 20.4 Å². The van der Waals surface area contributed by atoms with Gasteiger partial charge in [0.25, 0.3) is 0 Å². The standard InChI is InChI=1S/C21H37N5O2.HI/c1-2-11-25(12-3-1)14-10-24-21(23-9-7-20-6-4-17-28-20)22-8-5-13-26-15-18-27-19-16-26;/h4,6,17H,1-3,5,7-16,18-19H2,(H2,22,23,24);1H. The van der Waals surface area contributed by atoms with Crippen LogP contribution in [-0.2, 0) is 11.2 Å². The Morgan fingerprint density at radius 1 is 0.966 bits per heavy atom. The molecule has 0 atom stereocenters. The second kappa shape index (κ2) is 15.0. The Labute approximate surface area is 192 Å². The average Bonchev–Trinajstić information content (AvgIpc) is 3.26. The maximum Gasteiger partial charge on any atom is 0.191 e. The van der Waals surface area contributed by atoms with Crippen molar-refractivity contribution in [1.82, 2.24) is 20.4 Å². The molecule has 29 heavy (non-hydrogen) atoms. The van der Waals surface area contributed by atoms with E-state index in [9.17, 15) is 0 Å². The van der Waals surface area contributed by atoms with Gasteiger partial charge in [-0.05, 0) is 44.5 Å². The highest BCUT2D eigenvalue weighted by atomic mass is 127. The highest BCUT2D eigenvalue weighted by Crippen LogP contribution is 2.07. The molecule has 0 aliphatic carbocycles. The van der Waals surface area contributed by atoms with Crippen molar-refractivity contribution in [2.75, 3.05) is 72.1 Å². The van der Waals surface area contributed by atoms with Gasteiger partial charge in [0, 0.05) is 52.2 Å². The van der Waals surface area contributed by atoms with Crippen molar-refractivity contribution in [2.45, 2.75) is 32.1 Å². The number of likely N-dealkylation sites (tertiary alicyclic amines) is 1. The molecule has 166 valence electrons. The molecule has 0 amide bonds. The topological polar surface area (TPSA) is 65.3 Å². The van der Waals surface area contributed by atoms with Crippen molar-refractivity contribution in [2.24, 2.45) is 4.99 Å². The Balaban J connectivity index is 0.00000300. The molecule has 1 aromatic heterocycles. The van der Waals surface area contributed by atoms with Gasteiger partial charge in [0.1, 0.15) is 5.76 Å². The van der Waals surface area contributed by atoms with Crippen molar-refractivity contribution in [3.05, 3.63) is 24.2 Å². The lowest BCUT2D eigenvalue weighted by Gasteiger charge is -2.27. The third-order valence-corrected chi connectivity index (χ3v) is 5.42. The van der Waals surface area contributed by atoms with Gasteiger partial charge in [-0.3, -0.25) is 9.89 Å². The molecule has 0 saturated carbocycles. The molecule has 1 aromatic rings. The third-order valence-electron chi connectivity index (χ3n) is 5.42. The van der Waals surface area contributed by atoms with Gasteiger partial charge < -0.3 is 24.7 Å². The number of guanidine groups is 1. The van der Waals surface area contributed by atoms with Gasteiger partial charge >= 0.3 is 0 Å². The van der Waals surface area contributed by atoms with Gasteiger partial charge in [0.05, 0.1) is 19.5 Å². The summed E-state index contributed by atoms with van der Waals surface area (Å²) in [6.45, 7) is 11.1. The fourth-order valence-electron chi connectivity index (χ4n) is 3.76. The van der Waals surface area contributed by atoms with Gasteiger partial charge in [-0.15, -0.1) is 24.0 Å². The number of aliphatic imine (C=N–C) groups is 1. The van der Waals surface area contributed by atoms with Gasteiger partial charge in [0.15, 0.2) is 5.96 Å². The van der Waals surface area contributed by atoms with E-state index in [1.165, 1.54) is 32.4 Å². The molecular weight excluding hydrogens is 481 g/mol. The average molecular weight is 519 g/mol. The first-order valence-electron chi connectivity index (χ1n) is 11.0. The number of hydrogen-bond donors (Lipinski definition) is 2. The molecular formula is C21H38IN5O2. The summed E-state index contributed by atoms with van der Waals surface area (Å²) in [6.07, 6.45) is 7.74. The number of halogens is 1. The minimum absolute atomic E-state index is 0. The fraction of sp³-hybridized carbons (Fsp3) is 0.762. The molecule has 0 spiro atoms. The predicted octanol–water partition coefficient (Wildman–Crippen LogP) is 2.18. The summed E-state index contributed by atoms with van der Waals surface area (Å²) in [7, 11) is 0. The summed E-state index contributed by atoms with van der Waals surface area (Å²) in [5.74, 6) is 1.93. The van der Waals surface area contributed by atoms with Crippen molar-refractivity contribution in [3.63, 3.8) is 0 Å². The molecule has 0 bridgehead atoms. The van der Waals surface area contributed by atoms with Gasteiger partial charge in [0.2, 0.25) is 0 Å². The molecule has 8 heteroatoms. The molecule has 0 aromatic carbocycles. The van der Waals surface area contributed by atoms with Crippen LogP contribution in [0, 0.1) is 0 Å². The SMILES string of the molecule is I.c1coc(CCNC(=NCCCN2CCOCC2)NCCN2CCCCC2)c1. The zero-order valence-corrected chi connectivity index (χ0v) is 19.9. The minimum Gasteiger partial charge on any atom is -0.469 e. The van der Waals surface area contributed by atoms with Crippen LogP contribution in [0.4, 0.5) is 0 Å². The molecule has 2 fully saturated rings. The maximum atomic E-state index is 5.42. The number of piperidine rings is 1. The number of furan rings is 1. The summed E-state index contributed by atoms with van der Waals surface area (Å²) in [5, 5.41) is 6.98. The number of hydrogen-bond acceptors (Lipinski definition) is 5. The molecule has 0 unspecified atom stereocenters. The van der Waals surface area contributed by atoms with Gasteiger partial charge in [-0.25, -0.2) is 0 Å². The van der Waals surface area contributed by atoms with E-state index in [-0.39, 0.29) is 24.0 Å². The van der Waals surface area contributed by atoms with Crippen molar-refractivity contribution < 1.29 is 9.15 Å². The first kappa shape index (κ1) is 24.4. The van der Waals surface area contributed by atoms with Crippen LogP contribution in [0.15, 0.2) is 27.8 Å². The minimum atomic E-state index is 0. The van der Waals surface area contributed by atoms with Crippen LogP contribution < -0.4 is 10.6 Å². The molecule has 2 aliphatic heterocycles. The molecule has 3 heterocycles. The first-order valence-corrected chi connectivity index (χ1v) is 11.0. The highest BCUT2D eigenvalue weighted by molar-refractivity contribution is 14.0. The van der Waals surface area contributed by atoms with Crippen molar-refractivity contribution in [3.8, 4) is 0 Å². The number of morpholine rings is 1. The Morgan fingerprint density at radius 2 is 1.72 bits per heavy atom. The molecule has 2 aliphatic rings. The number of nitrogens with one attached hydrogen (secondary N) is 2. The summed E-state index contributed by atoms with van der Waals surface area (Å²) in [6, 6.07) is 3.96. The largest absolute Gasteiger partial charge is 0.469 e. The fourth-order valence-corrected chi connectivity index (χ4v) is 3.76.